The fourth-order valence-electron chi connectivity index (χ4n) is 4.05. The maximum atomic E-state index is 12.9. The van der Waals surface area contributed by atoms with Crippen molar-refractivity contribution in [3.05, 3.63) is 65.7 Å². The molecule has 2 aromatic rings. The molecule has 0 spiro atoms. The standard InChI is InChI=1S/C22H24N2O2/c25-21-10-5-13-24(21)20-9-4-8-19(16-20)22(26)23-14-11-18(12-15-23)17-6-2-1-3-7-17/h1-4,6-9,16,18H,5,10-15H2. The summed E-state index contributed by atoms with van der Waals surface area (Å²) in [7, 11) is 0. The summed E-state index contributed by atoms with van der Waals surface area (Å²) < 4.78 is 0. The van der Waals surface area contributed by atoms with E-state index in [1.54, 1.807) is 4.90 Å². The SMILES string of the molecule is O=C(c1cccc(N2CCCC2=O)c1)N1CCC(c2ccccc2)CC1. The number of nitrogens with zero attached hydrogens (tertiary/aromatic N) is 2. The van der Waals surface area contributed by atoms with Gasteiger partial charge in [-0.3, -0.25) is 9.59 Å². The van der Waals surface area contributed by atoms with E-state index in [0.717, 1.165) is 44.6 Å². The number of carbonyl (C=O) groups excluding carboxylic acids is 2. The van der Waals surface area contributed by atoms with E-state index in [9.17, 15) is 9.59 Å². The van der Waals surface area contributed by atoms with Crippen LogP contribution in [-0.2, 0) is 4.79 Å². The average Bonchev–Trinajstić information content (AvgIpc) is 3.14. The fourth-order valence-corrected chi connectivity index (χ4v) is 4.05. The highest BCUT2D eigenvalue weighted by molar-refractivity contribution is 5.99. The topological polar surface area (TPSA) is 40.6 Å². The molecule has 2 aliphatic heterocycles. The first-order valence-electron chi connectivity index (χ1n) is 9.47. The molecule has 2 aliphatic rings. The number of carbonyl (C=O) groups is 2. The molecule has 0 radical (unpaired) electrons. The number of likely N-dealkylation sites (tertiary alicyclic amines) is 1. The molecular formula is C22H24N2O2. The van der Waals surface area contributed by atoms with Crippen molar-refractivity contribution in [2.24, 2.45) is 0 Å². The van der Waals surface area contributed by atoms with Crippen LogP contribution in [0.2, 0.25) is 0 Å². The summed E-state index contributed by atoms with van der Waals surface area (Å²) in [6, 6.07) is 18.1. The van der Waals surface area contributed by atoms with Crippen molar-refractivity contribution >= 4 is 17.5 Å². The van der Waals surface area contributed by atoms with Crippen LogP contribution in [0.15, 0.2) is 54.6 Å². The van der Waals surface area contributed by atoms with Crippen molar-refractivity contribution in [2.45, 2.75) is 31.6 Å². The summed E-state index contributed by atoms with van der Waals surface area (Å²) in [5.74, 6) is 0.761. The molecule has 0 bridgehead atoms. The zero-order valence-corrected chi connectivity index (χ0v) is 14.9. The zero-order valence-electron chi connectivity index (χ0n) is 14.9. The molecule has 0 aliphatic carbocycles. The second kappa shape index (κ2) is 7.32. The van der Waals surface area contributed by atoms with E-state index in [1.165, 1.54) is 5.56 Å². The van der Waals surface area contributed by atoms with Crippen LogP contribution in [0.3, 0.4) is 0 Å². The van der Waals surface area contributed by atoms with Gasteiger partial charge in [-0.05, 0) is 48.9 Å². The highest BCUT2D eigenvalue weighted by atomic mass is 16.2. The van der Waals surface area contributed by atoms with E-state index in [-0.39, 0.29) is 11.8 Å². The summed E-state index contributed by atoms with van der Waals surface area (Å²) in [5.41, 5.74) is 2.90. The van der Waals surface area contributed by atoms with Gasteiger partial charge in [0, 0.05) is 37.3 Å². The quantitative estimate of drug-likeness (QED) is 0.846. The molecule has 2 fully saturated rings. The predicted octanol–water partition coefficient (Wildman–Crippen LogP) is 3.83. The van der Waals surface area contributed by atoms with E-state index in [0.29, 0.717) is 17.9 Å². The number of anilines is 1. The molecule has 4 rings (SSSR count). The zero-order chi connectivity index (χ0) is 17.9. The summed E-state index contributed by atoms with van der Waals surface area (Å²) in [5, 5.41) is 0. The normalized spacial score (nSPS) is 18.4. The monoisotopic (exact) mass is 348 g/mol. The van der Waals surface area contributed by atoms with Crippen LogP contribution < -0.4 is 4.90 Å². The number of hydrogen-bond donors (Lipinski definition) is 0. The minimum atomic E-state index is 0.0741. The summed E-state index contributed by atoms with van der Waals surface area (Å²) in [6.07, 6.45) is 3.50. The van der Waals surface area contributed by atoms with Crippen molar-refractivity contribution < 1.29 is 9.59 Å². The molecule has 2 aromatic carbocycles. The van der Waals surface area contributed by atoms with Crippen LogP contribution in [-0.4, -0.2) is 36.3 Å². The highest BCUT2D eigenvalue weighted by Crippen LogP contribution is 2.29. The van der Waals surface area contributed by atoms with Gasteiger partial charge in [0.05, 0.1) is 0 Å². The molecule has 2 heterocycles. The van der Waals surface area contributed by atoms with Crippen molar-refractivity contribution in [1.82, 2.24) is 4.90 Å². The van der Waals surface area contributed by atoms with Crippen LogP contribution in [0.4, 0.5) is 5.69 Å². The molecule has 4 heteroatoms. The minimum absolute atomic E-state index is 0.0741. The first-order chi connectivity index (χ1) is 12.7. The minimum Gasteiger partial charge on any atom is -0.339 e. The van der Waals surface area contributed by atoms with Crippen LogP contribution >= 0.6 is 0 Å². The smallest absolute Gasteiger partial charge is 0.253 e. The van der Waals surface area contributed by atoms with Gasteiger partial charge in [0.15, 0.2) is 0 Å². The Kier molecular flexibility index (Phi) is 4.74. The summed E-state index contributed by atoms with van der Waals surface area (Å²) in [6.45, 7) is 2.31. The van der Waals surface area contributed by atoms with Gasteiger partial charge in [-0.2, -0.15) is 0 Å². The number of amides is 2. The van der Waals surface area contributed by atoms with Crippen molar-refractivity contribution in [1.29, 1.82) is 0 Å². The molecule has 0 N–H and O–H groups in total. The molecular weight excluding hydrogens is 324 g/mol. The Morgan fingerprint density at radius 2 is 1.69 bits per heavy atom. The first-order valence-corrected chi connectivity index (χ1v) is 9.47. The molecule has 0 atom stereocenters. The lowest BCUT2D eigenvalue weighted by atomic mass is 9.89. The lowest BCUT2D eigenvalue weighted by Gasteiger charge is -2.32. The van der Waals surface area contributed by atoms with Gasteiger partial charge in [-0.15, -0.1) is 0 Å². The Morgan fingerprint density at radius 1 is 0.923 bits per heavy atom. The van der Waals surface area contributed by atoms with E-state index < -0.39 is 0 Å². The molecule has 2 saturated heterocycles. The molecule has 26 heavy (non-hydrogen) atoms. The maximum absolute atomic E-state index is 12.9. The lowest BCUT2D eigenvalue weighted by Crippen LogP contribution is -2.38. The lowest BCUT2D eigenvalue weighted by molar-refractivity contribution is -0.117. The third kappa shape index (κ3) is 3.36. The summed E-state index contributed by atoms with van der Waals surface area (Å²) >= 11 is 0. The average molecular weight is 348 g/mol. The number of benzene rings is 2. The van der Waals surface area contributed by atoms with Gasteiger partial charge in [0.25, 0.3) is 5.91 Å². The Bertz CT molecular complexity index is 795. The predicted molar refractivity (Wildman–Crippen MR) is 102 cm³/mol. The first kappa shape index (κ1) is 16.8. The Hall–Kier alpha value is -2.62. The van der Waals surface area contributed by atoms with E-state index in [1.807, 2.05) is 35.2 Å². The molecule has 4 nitrogen and oxygen atoms in total. The third-order valence-electron chi connectivity index (χ3n) is 5.53. The largest absolute Gasteiger partial charge is 0.339 e. The van der Waals surface area contributed by atoms with E-state index in [4.69, 9.17) is 0 Å². The third-order valence-corrected chi connectivity index (χ3v) is 5.53. The van der Waals surface area contributed by atoms with Gasteiger partial charge in [-0.1, -0.05) is 36.4 Å². The number of hydrogen-bond acceptors (Lipinski definition) is 2. The number of piperidine rings is 1. The molecule has 2 amide bonds. The summed E-state index contributed by atoms with van der Waals surface area (Å²) in [4.78, 5) is 28.6. The van der Waals surface area contributed by atoms with E-state index >= 15 is 0 Å². The van der Waals surface area contributed by atoms with Crippen LogP contribution in [0, 0.1) is 0 Å². The number of rotatable bonds is 3. The highest BCUT2D eigenvalue weighted by Gasteiger charge is 2.26. The van der Waals surface area contributed by atoms with Crippen LogP contribution in [0.1, 0.15) is 47.5 Å². The molecule has 134 valence electrons. The molecule has 0 aromatic heterocycles. The van der Waals surface area contributed by atoms with Gasteiger partial charge in [0.2, 0.25) is 5.91 Å². The second-order valence-corrected chi connectivity index (χ2v) is 7.18. The fraction of sp³-hybridized carbons (Fsp3) is 0.364. The van der Waals surface area contributed by atoms with Crippen molar-refractivity contribution in [2.75, 3.05) is 24.5 Å². The van der Waals surface area contributed by atoms with Crippen molar-refractivity contribution in [3.8, 4) is 0 Å². The Balaban J connectivity index is 1.43. The van der Waals surface area contributed by atoms with Gasteiger partial charge in [0.1, 0.15) is 0 Å². The van der Waals surface area contributed by atoms with Crippen LogP contribution in [0.25, 0.3) is 0 Å². The maximum Gasteiger partial charge on any atom is 0.253 e. The van der Waals surface area contributed by atoms with Crippen LogP contribution in [0.5, 0.6) is 0 Å². The second-order valence-electron chi connectivity index (χ2n) is 7.18. The Labute approximate surface area is 154 Å². The molecule has 0 saturated carbocycles. The Morgan fingerprint density at radius 3 is 2.38 bits per heavy atom. The molecule has 0 unspecified atom stereocenters. The van der Waals surface area contributed by atoms with Crippen molar-refractivity contribution in [3.63, 3.8) is 0 Å². The van der Waals surface area contributed by atoms with Gasteiger partial charge in [-0.25, -0.2) is 0 Å². The van der Waals surface area contributed by atoms with E-state index in [2.05, 4.69) is 24.3 Å². The van der Waals surface area contributed by atoms with Gasteiger partial charge < -0.3 is 9.80 Å². The van der Waals surface area contributed by atoms with Gasteiger partial charge >= 0.3 is 0 Å².